The Morgan fingerprint density at radius 3 is 2.50 bits per heavy atom. The third-order valence-electron chi connectivity index (χ3n) is 3.19. The molecule has 20 heavy (non-hydrogen) atoms. The molecule has 0 saturated heterocycles. The fraction of sp³-hybridized carbons (Fsp3) is 0.188. The lowest BCUT2D eigenvalue weighted by Gasteiger charge is -2.14. The number of Topliss-reactive ketones (excluding diaryl/α,β-unsaturated/α-hetero) is 1. The lowest BCUT2D eigenvalue weighted by molar-refractivity contribution is -0.119. The summed E-state index contributed by atoms with van der Waals surface area (Å²) in [7, 11) is 0. The predicted octanol–water partition coefficient (Wildman–Crippen LogP) is 3.33. The summed E-state index contributed by atoms with van der Waals surface area (Å²) in [5.41, 5.74) is 7.29. The van der Waals surface area contributed by atoms with Crippen LogP contribution in [0.3, 0.4) is 0 Å². The van der Waals surface area contributed by atoms with Crippen molar-refractivity contribution >= 4 is 17.4 Å². The maximum absolute atomic E-state index is 13.1. The molecular formula is C16H15ClFNO. The zero-order valence-corrected chi connectivity index (χ0v) is 11.6. The van der Waals surface area contributed by atoms with E-state index in [-0.39, 0.29) is 29.7 Å². The van der Waals surface area contributed by atoms with E-state index in [4.69, 9.17) is 17.3 Å². The maximum Gasteiger partial charge on any atom is 0.145 e. The Balaban J connectivity index is 2.15. The van der Waals surface area contributed by atoms with Crippen LogP contribution in [0.1, 0.15) is 17.0 Å². The molecule has 2 aromatic rings. The van der Waals surface area contributed by atoms with Crippen molar-refractivity contribution in [3.05, 3.63) is 70.5 Å². The Labute approximate surface area is 122 Å². The molecule has 0 heterocycles. The fourth-order valence-corrected chi connectivity index (χ4v) is 2.32. The van der Waals surface area contributed by atoms with Gasteiger partial charge < -0.3 is 5.73 Å². The quantitative estimate of drug-likeness (QED) is 0.918. The Morgan fingerprint density at radius 2 is 1.90 bits per heavy atom. The van der Waals surface area contributed by atoms with E-state index >= 15 is 0 Å². The molecule has 0 aliphatic rings. The van der Waals surface area contributed by atoms with Gasteiger partial charge in [-0.15, -0.1) is 0 Å². The summed E-state index contributed by atoms with van der Waals surface area (Å²) in [6.45, 7) is 0.248. The van der Waals surface area contributed by atoms with Crippen molar-refractivity contribution in [3.63, 3.8) is 0 Å². The predicted molar refractivity (Wildman–Crippen MR) is 78.4 cm³/mol. The fourth-order valence-electron chi connectivity index (χ4n) is 2.11. The topological polar surface area (TPSA) is 43.1 Å². The molecule has 4 heteroatoms. The van der Waals surface area contributed by atoms with Gasteiger partial charge in [-0.05, 0) is 23.3 Å². The van der Waals surface area contributed by atoms with Crippen LogP contribution in [-0.4, -0.2) is 12.3 Å². The van der Waals surface area contributed by atoms with Gasteiger partial charge in [-0.2, -0.15) is 0 Å². The van der Waals surface area contributed by atoms with Crippen molar-refractivity contribution in [3.8, 4) is 0 Å². The van der Waals surface area contributed by atoms with Gasteiger partial charge in [0.2, 0.25) is 0 Å². The standard InChI is InChI=1S/C16H15ClFNO/c17-14-8-11(6-7-15(14)18)9-16(20)13(10-19)12-4-2-1-3-5-12/h1-8,13H,9-10,19H2. The molecule has 0 aliphatic carbocycles. The van der Waals surface area contributed by atoms with Crippen LogP contribution in [0, 0.1) is 5.82 Å². The minimum Gasteiger partial charge on any atom is -0.329 e. The molecule has 0 aromatic heterocycles. The molecule has 0 amide bonds. The lowest BCUT2D eigenvalue weighted by atomic mass is 9.91. The van der Waals surface area contributed by atoms with Crippen molar-refractivity contribution in [2.24, 2.45) is 5.73 Å². The van der Waals surface area contributed by atoms with Crippen LogP contribution in [0.4, 0.5) is 4.39 Å². The van der Waals surface area contributed by atoms with Gasteiger partial charge in [0.1, 0.15) is 11.6 Å². The number of hydrogen-bond acceptors (Lipinski definition) is 2. The SMILES string of the molecule is NCC(C(=O)Cc1ccc(F)c(Cl)c1)c1ccccc1. The average molecular weight is 292 g/mol. The highest BCUT2D eigenvalue weighted by Gasteiger charge is 2.19. The monoisotopic (exact) mass is 291 g/mol. The molecule has 2 aromatic carbocycles. The van der Waals surface area contributed by atoms with E-state index in [1.807, 2.05) is 30.3 Å². The van der Waals surface area contributed by atoms with Crippen molar-refractivity contribution in [2.75, 3.05) is 6.54 Å². The second kappa shape index (κ2) is 6.64. The highest BCUT2D eigenvalue weighted by atomic mass is 35.5. The maximum atomic E-state index is 13.1. The number of carbonyl (C=O) groups is 1. The first-order chi connectivity index (χ1) is 9.61. The second-order valence-electron chi connectivity index (χ2n) is 4.59. The van der Waals surface area contributed by atoms with E-state index in [0.29, 0.717) is 5.56 Å². The van der Waals surface area contributed by atoms with Crippen LogP contribution in [0.2, 0.25) is 5.02 Å². The highest BCUT2D eigenvalue weighted by molar-refractivity contribution is 6.30. The Bertz CT molecular complexity index is 601. The van der Waals surface area contributed by atoms with Gasteiger partial charge in [-0.3, -0.25) is 4.79 Å². The van der Waals surface area contributed by atoms with Gasteiger partial charge >= 0.3 is 0 Å². The first-order valence-corrected chi connectivity index (χ1v) is 6.71. The molecule has 2 N–H and O–H groups in total. The smallest absolute Gasteiger partial charge is 0.145 e. The molecule has 0 saturated carbocycles. The van der Waals surface area contributed by atoms with Crippen LogP contribution < -0.4 is 5.73 Å². The Morgan fingerprint density at radius 1 is 1.20 bits per heavy atom. The normalized spacial score (nSPS) is 12.2. The van der Waals surface area contributed by atoms with Gasteiger partial charge in [0.05, 0.1) is 10.9 Å². The zero-order chi connectivity index (χ0) is 14.5. The number of ketones is 1. The van der Waals surface area contributed by atoms with Crippen molar-refractivity contribution in [2.45, 2.75) is 12.3 Å². The third-order valence-corrected chi connectivity index (χ3v) is 3.48. The number of rotatable bonds is 5. The van der Waals surface area contributed by atoms with Gasteiger partial charge in [0.15, 0.2) is 0 Å². The minimum absolute atomic E-state index is 0.00127. The summed E-state index contributed by atoms with van der Waals surface area (Å²) in [6, 6.07) is 13.7. The van der Waals surface area contributed by atoms with Crippen molar-refractivity contribution < 1.29 is 9.18 Å². The van der Waals surface area contributed by atoms with E-state index in [1.54, 1.807) is 6.07 Å². The third kappa shape index (κ3) is 3.44. The molecule has 1 unspecified atom stereocenters. The van der Waals surface area contributed by atoms with E-state index < -0.39 is 5.82 Å². The summed E-state index contributed by atoms with van der Waals surface area (Å²) in [4.78, 5) is 12.3. The largest absolute Gasteiger partial charge is 0.329 e. The molecular weight excluding hydrogens is 277 g/mol. The molecule has 0 spiro atoms. The minimum atomic E-state index is -0.485. The first kappa shape index (κ1) is 14.7. The van der Waals surface area contributed by atoms with E-state index in [9.17, 15) is 9.18 Å². The average Bonchev–Trinajstić information content (AvgIpc) is 2.45. The number of nitrogens with two attached hydrogens (primary N) is 1. The van der Waals surface area contributed by atoms with Gasteiger partial charge in [0.25, 0.3) is 0 Å². The number of hydrogen-bond donors (Lipinski definition) is 1. The van der Waals surface area contributed by atoms with Crippen LogP contribution in [0.25, 0.3) is 0 Å². The van der Waals surface area contributed by atoms with Crippen LogP contribution in [-0.2, 0) is 11.2 Å². The summed E-state index contributed by atoms with van der Waals surface area (Å²) in [5.74, 6) is -0.831. The Kier molecular flexibility index (Phi) is 4.88. The van der Waals surface area contributed by atoms with Crippen molar-refractivity contribution in [1.82, 2.24) is 0 Å². The molecule has 2 nitrogen and oxygen atoms in total. The molecule has 104 valence electrons. The summed E-state index contributed by atoms with van der Waals surface area (Å²) in [6.07, 6.45) is 0.191. The van der Waals surface area contributed by atoms with Gasteiger partial charge in [-0.1, -0.05) is 48.0 Å². The molecule has 0 aliphatic heterocycles. The molecule has 0 bridgehead atoms. The molecule has 1 atom stereocenters. The second-order valence-corrected chi connectivity index (χ2v) is 5.00. The zero-order valence-electron chi connectivity index (χ0n) is 10.9. The first-order valence-electron chi connectivity index (χ1n) is 6.33. The van der Waals surface area contributed by atoms with Gasteiger partial charge in [-0.25, -0.2) is 4.39 Å². The van der Waals surface area contributed by atoms with Crippen LogP contribution in [0.15, 0.2) is 48.5 Å². The molecule has 0 radical (unpaired) electrons. The molecule has 2 rings (SSSR count). The Hall–Kier alpha value is -1.71. The number of benzene rings is 2. The van der Waals surface area contributed by atoms with Crippen molar-refractivity contribution in [1.29, 1.82) is 0 Å². The molecule has 0 fully saturated rings. The number of carbonyl (C=O) groups excluding carboxylic acids is 1. The van der Waals surface area contributed by atoms with Crippen LogP contribution >= 0.6 is 11.6 Å². The van der Waals surface area contributed by atoms with E-state index in [0.717, 1.165) is 5.56 Å². The van der Waals surface area contributed by atoms with E-state index in [1.165, 1.54) is 12.1 Å². The summed E-state index contributed by atoms with van der Waals surface area (Å²) < 4.78 is 13.1. The van der Waals surface area contributed by atoms with Gasteiger partial charge in [0, 0.05) is 13.0 Å². The number of halogens is 2. The van der Waals surface area contributed by atoms with Crippen LogP contribution in [0.5, 0.6) is 0 Å². The van der Waals surface area contributed by atoms with E-state index in [2.05, 4.69) is 0 Å². The summed E-state index contributed by atoms with van der Waals surface area (Å²) >= 11 is 5.72. The highest BCUT2D eigenvalue weighted by Crippen LogP contribution is 2.20. The lowest BCUT2D eigenvalue weighted by Crippen LogP contribution is -2.23. The summed E-state index contributed by atoms with van der Waals surface area (Å²) in [5, 5.41) is 0.0271.